The Morgan fingerprint density at radius 3 is 2.85 bits per heavy atom. The van der Waals surface area contributed by atoms with Crippen LogP contribution in [0.15, 0.2) is 36.4 Å². The minimum atomic E-state index is 0.115. The molecule has 0 spiro atoms. The molecule has 2 aliphatic rings. The summed E-state index contributed by atoms with van der Waals surface area (Å²) < 4.78 is 2.03. The summed E-state index contributed by atoms with van der Waals surface area (Å²) in [5, 5.41) is 4.64. The van der Waals surface area contributed by atoms with Gasteiger partial charge in [-0.3, -0.25) is 9.48 Å². The molecule has 1 saturated heterocycles. The van der Waals surface area contributed by atoms with Crippen LogP contribution >= 0.6 is 0 Å². The molecule has 5 nitrogen and oxygen atoms in total. The number of aryl methyl sites for hydroxylation is 2. The normalized spacial score (nSPS) is 20.8. The molecule has 0 bridgehead atoms. The van der Waals surface area contributed by atoms with Crippen molar-refractivity contribution in [2.75, 3.05) is 20.1 Å². The zero-order valence-electron chi connectivity index (χ0n) is 15.6. The number of amides is 1. The molecule has 0 radical (unpaired) electrons. The predicted octanol–water partition coefficient (Wildman–Crippen LogP) is 2.96. The van der Waals surface area contributed by atoms with Crippen molar-refractivity contribution >= 4 is 5.91 Å². The Hall–Kier alpha value is -2.14. The third-order valence-corrected chi connectivity index (χ3v) is 5.67. The zero-order valence-corrected chi connectivity index (χ0v) is 15.6. The van der Waals surface area contributed by atoms with E-state index < -0.39 is 0 Å². The van der Waals surface area contributed by atoms with Gasteiger partial charge in [0.25, 0.3) is 5.91 Å². The Labute approximate surface area is 155 Å². The number of aromatic nitrogens is 2. The summed E-state index contributed by atoms with van der Waals surface area (Å²) in [6.45, 7) is 3.73. The van der Waals surface area contributed by atoms with Crippen LogP contribution in [-0.2, 0) is 19.5 Å². The Morgan fingerprint density at radius 1 is 1.15 bits per heavy atom. The minimum absolute atomic E-state index is 0.115. The van der Waals surface area contributed by atoms with E-state index in [-0.39, 0.29) is 5.91 Å². The highest BCUT2D eigenvalue weighted by Gasteiger charge is 2.31. The van der Waals surface area contributed by atoms with E-state index in [0.717, 1.165) is 64.0 Å². The monoisotopic (exact) mass is 352 g/mol. The van der Waals surface area contributed by atoms with E-state index >= 15 is 0 Å². The number of benzene rings is 1. The number of fused-ring (bicyclic) bond motifs is 1. The zero-order chi connectivity index (χ0) is 17.9. The number of hydrogen-bond acceptors (Lipinski definition) is 3. The Bertz CT molecular complexity index is 755. The molecule has 0 N–H and O–H groups in total. The Balaban J connectivity index is 1.44. The SMILES string of the molecule is CN1CCCn2nc(C(=O)N3CCC[C@H]3CCc3ccccc3)cc2C1. The second-order valence-corrected chi connectivity index (χ2v) is 7.65. The van der Waals surface area contributed by atoms with Gasteiger partial charge in [-0.15, -0.1) is 0 Å². The van der Waals surface area contributed by atoms with Gasteiger partial charge in [0, 0.05) is 32.2 Å². The van der Waals surface area contributed by atoms with E-state index in [1.54, 1.807) is 0 Å². The average Bonchev–Trinajstić information content (AvgIpc) is 3.24. The molecule has 1 aromatic heterocycles. The molecule has 0 unspecified atom stereocenters. The van der Waals surface area contributed by atoms with Crippen molar-refractivity contribution in [2.45, 2.75) is 51.2 Å². The maximum Gasteiger partial charge on any atom is 0.274 e. The van der Waals surface area contributed by atoms with Crippen LogP contribution < -0.4 is 0 Å². The van der Waals surface area contributed by atoms with E-state index in [9.17, 15) is 4.79 Å². The first kappa shape index (κ1) is 17.3. The molecule has 0 saturated carbocycles. The second-order valence-electron chi connectivity index (χ2n) is 7.65. The van der Waals surface area contributed by atoms with E-state index in [4.69, 9.17) is 0 Å². The first-order valence-electron chi connectivity index (χ1n) is 9.81. The van der Waals surface area contributed by atoms with Crippen molar-refractivity contribution in [3.63, 3.8) is 0 Å². The molecule has 3 heterocycles. The van der Waals surface area contributed by atoms with Gasteiger partial charge in [-0.05, 0) is 50.8 Å². The van der Waals surface area contributed by atoms with Gasteiger partial charge in [-0.2, -0.15) is 5.10 Å². The standard InChI is InChI=1S/C21H28N4O/c1-23-12-6-14-25-19(16-23)15-20(22-25)21(26)24-13-5-9-18(24)11-10-17-7-3-2-4-8-17/h2-4,7-8,15,18H,5-6,9-14,16H2,1H3/t18-/m0/s1. The van der Waals surface area contributed by atoms with Gasteiger partial charge in [0.15, 0.2) is 5.69 Å². The highest BCUT2D eigenvalue weighted by Crippen LogP contribution is 2.24. The molecule has 0 aliphatic carbocycles. The molecule has 1 atom stereocenters. The smallest absolute Gasteiger partial charge is 0.274 e. The molecule has 2 aliphatic heterocycles. The van der Waals surface area contributed by atoms with Crippen LogP contribution in [0.4, 0.5) is 0 Å². The molecule has 1 fully saturated rings. The van der Waals surface area contributed by atoms with Gasteiger partial charge in [0.1, 0.15) is 0 Å². The summed E-state index contributed by atoms with van der Waals surface area (Å²) in [6, 6.07) is 12.9. The van der Waals surface area contributed by atoms with Crippen molar-refractivity contribution in [2.24, 2.45) is 0 Å². The highest BCUT2D eigenvalue weighted by atomic mass is 16.2. The van der Waals surface area contributed by atoms with Gasteiger partial charge in [0.2, 0.25) is 0 Å². The topological polar surface area (TPSA) is 41.4 Å². The van der Waals surface area contributed by atoms with Crippen LogP contribution in [0.5, 0.6) is 0 Å². The van der Waals surface area contributed by atoms with E-state index in [1.165, 1.54) is 5.56 Å². The van der Waals surface area contributed by atoms with Gasteiger partial charge in [-0.1, -0.05) is 30.3 Å². The van der Waals surface area contributed by atoms with Crippen molar-refractivity contribution < 1.29 is 4.79 Å². The molecule has 4 rings (SSSR count). The summed E-state index contributed by atoms with van der Waals surface area (Å²) in [7, 11) is 2.13. The maximum atomic E-state index is 13.1. The van der Waals surface area contributed by atoms with Gasteiger partial charge in [-0.25, -0.2) is 0 Å². The molecule has 2 aromatic rings. The number of likely N-dealkylation sites (tertiary alicyclic amines) is 1. The van der Waals surface area contributed by atoms with Crippen LogP contribution in [0.1, 0.15) is 47.4 Å². The van der Waals surface area contributed by atoms with E-state index in [2.05, 4.69) is 52.3 Å². The molecule has 1 aromatic carbocycles. The van der Waals surface area contributed by atoms with Crippen LogP contribution in [-0.4, -0.2) is 51.7 Å². The lowest BCUT2D eigenvalue weighted by Gasteiger charge is -2.24. The number of nitrogens with zero attached hydrogens (tertiary/aromatic N) is 4. The molecular formula is C21H28N4O. The average molecular weight is 352 g/mol. The minimum Gasteiger partial charge on any atom is -0.334 e. The molecule has 138 valence electrons. The predicted molar refractivity (Wildman–Crippen MR) is 102 cm³/mol. The largest absolute Gasteiger partial charge is 0.334 e. The Kier molecular flexibility index (Phi) is 5.07. The summed E-state index contributed by atoms with van der Waals surface area (Å²) in [5.74, 6) is 0.115. The van der Waals surface area contributed by atoms with Gasteiger partial charge < -0.3 is 9.80 Å². The lowest BCUT2D eigenvalue weighted by Crippen LogP contribution is -2.36. The summed E-state index contributed by atoms with van der Waals surface area (Å²) >= 11 is 0. The van der Waals surface area contributed by atoms with Crippen molar-refractivity contribution in [3.05, 3.63) is 53.3 Å². The summed E-state index contributed by atoms with van der Waals surface area (Å²) in [6.07, 6.45) is 5.35. The number of rotatable bonds is 4. The first-order valence-corrected chi connectivity index (χ1v) is 9.81. The molecule has 1 amide bonds. The third-order valence-electron chi connectivity index (χ3n) is 5.67. The van der Waals surface area contributed by atoms with E-state index in [0.29, 0.717) is 11.7 Å². The fourth-order valence-electron chi connectivity index (χ4n) is 4.26. The molecular weight excluding hydrogens is 324 g/mol. The lowest BCUT2D eigenvalue weighted by atomic mass is 10.0. The first-order chi connectivity index (χ1) is 12.7. The van der Waals surface area contributed by atoms with Crippen LogP contribution in [0.3, 0.4) is 0 Å². The van der Waals surface area contributed by atoms with Gasteiger partial charge >= 0.3 is 0 Å². The van der Waals surface area contributed by atoms with E-state index in [1.807, 2.05) is 10.7 Å². The fourth-order valence-corrected chi connectivity index (χ4v) is 4.26. The fraction of sp³-hybridized carbons (Fsp3) is 0.524. The Morgan fingerprint density at radius 2 is 2.00 bits per heavy atom. The summed E-state index contributed by atoms with van der Waals surface area (Å²) in [5.41, 5.74) is 3.14. The molecule has 26 heavy (non-hydrogen) atoms. The number of carbonyl (C=O) groups excluding carboxylic acids is 1. The maximum absolute atomic E-state index is 13.1. The van der Waals surface area contributed by atoms with Crippen molar-refractivity contribution in [1.82, 2.24) is 19.6 Å². The van der Waals surface area contributed by atoms with Gasteiger partial charge in [0.05, 0.1) is 5.69 Å². The van der Waals surface area contributed by atoms with Crippen molar-refractivity contribution in [1.29, 1.82) is 0 Å². The number of carbonyl (C=O) groups is 1. The van der Waals surface area contributed by atoms with Crippen LogP contribution in [0.2, 0.25) is 0 Å². The molecule has 5 heteroatoms. The van der Waals surface area contributed by atoms with Crippen LogP contribution in [0, 0.1) is 0 Å². The number of hydrogen-bond donors (Lipinski definition) is 0. The third kappa shape index (κ3) is 3.68. The van der Waals surface area contributed by atoms with Crippen molar-refractivity contribution in [3.8, 4) is 0 Å². The summed E-state index contributed by atoms with van der Waals surface area (Å²) in [4.78, 5) is 17.5. The van der Waals surface area contributed by atoms with Crippen LogP contribution in [0.25, 0.3) is 0 Å². The quantitative estimate of drug-likeness (QED) is 0.849. The highest BCUT2D eigenvalue weighted by molar-refractivity contribution is 5.92. The lowest BCUT2D eigenvalue weighted by molar-refractivity contribution is 0.0723. The second kappa shape index (κ2) is 7.62.